The predicted octanol–water partition coefficient (Wildman–Crippen LogP) is 3.80. The first-order valence-corrected chi connectivity index (χ1v) is 15.1. The lowest BCUT2D eigenvalue weighted by molar-refractivity contribution is -0.142. The van der Waals surface area contributed by atoms with Gasteiger partial charge >= 0.3 is 12.0 Å². The molecule has 2 saturated heterocycles. The highest BCUT2D eigenvalue weighted by Gasteiger charge is 2.40. The van der Waals surface area contributed by atoms with Crippen molar-refractivity contribution in [3.05, 3.63) is 89.5 Å². The molecule has 2 aliphatic heterocycles. The number of anilines is 3. The van der Waals surface area contributed by atoms with E-state index in [4.69, 9.17) is 4.74 Å². The molecule has 4 amide bonds. The Morgan fingerprint density at radius 1 is 0.889 bits per heavy atom. The highest BCUT2D eigenvalue weighted by atomic mass is 16.5. The first kappa shape index (κ1) is 31.7. The van der Waals surface area contributed by atoms with Gasteiger partial charge in [-0.05, 0) is 53.9 Å². The molecule has 11 heteroatoms. The Morgan fingerprint density at radius 2 is 1.53 bits per heavy atom. The second-order valence-electron chi connectivity index (χ2n) is 11.6. The second-order valence-corrected chi connectivity index (χ2v) is 11.6. The first-order valence-electron chi connectivity index (χ1n) is 15.1. The summed E-state index contributed by atoms with van der Waals surface area (Å²) in [6.45, 7) is 5.28. The van der Waals surface area contributed by atoms with E-state index in [0.717, 1.165) is 22.4 Å². The molecule has 11 nitrogen and oxygen atoms in total. The summed E-state index contributed by atoms with van der Waals surface area (Å²) in [6, 6.07) is 21.6. The van der Waals surface area contributed by atoms with Crippen molar-refractivity contribution in [1.29, 1.82) is 0 Å². The van der Waals surface area contributed by atoms with Crippen molar-refractivity contribution in [1.82, 2.24) is 9.80 Å². The van der Waals surface area contributed by atoms with Crippen molar-refractivity contribution in [2.24, 2.45) is 5.92 Å². The number of para-hydroxylation sites is 1. The molecular formula is C34H39N5O6. The van der Waals surface area contributed by atoms with Crippen LogP contribution in [0.2, 0.25) is 0 Å². The molecule has 0 aliphatic carbocycles. The van der Waals surface area contributed by atoms with Crippen molar-refractivity contribution in [3.63, 3.8) is 0 Å². The number of carbonyl (C=O) groups excluding carboxylic acids is 3. The number of rotatable bonds is 9. The van der Waals surface area contributed by atoms with Gasteiger partial charge in [0, 0.05) is 56.2 Å². The highest BCUT2D eigenvalue weighted by Crippen LogP contribution is 2.34. The average molecular weight is 614 g/mol. The number of aliphatic carboxylic acids is 1. The molecule has 0 aromatic heterocycles. The van der Waals surface area contributed by atoms with Crippen LogP contribution in [-0.2, 0) is 25.5 Å². The van der Waals surface area contributed by atoms with Gasteiger partial charge < -0.3 is 25.4 Å². The summed E-state index contributed by atoms with van der Waals surface area (Å²) in [7, 11) is 1.71. The molecular weight excluding hydrogens is 574 g/mol. The number of ether oxygens (including phenoxy) is 1. The Morgan fingerprint density at radius 3 is 2.20 bits per heavy atom. The number of hydrogen-bond donors (Lipinski definition) is 3. The molecule has 3 N–H and O–H groups in total. The molecule has 45 heavy (non-hydrogen) atoms. The van der Waals surface area contributed by atoms with Crippen LogP contribution in [-0.4, -0.2) is 91.7 Å². The van der Waals surface area contributed by atoms with Crippen LogP contribution in [0.15, 0.2) is 72.8 Å². The zero-order valence-corrected chi connectivity index (χ0v) is 25.6. The normalized spacial score (nSPS) is 18.3. The molecule has 2 unspecified atom stereocenters. The zero-order chi connectivity index (χ0) is 31.9. The van der Waals surface area contributed by atoms with Crippen molar-refractivity contribution in [2.75, 3.05) is 68.5 Å². The molecule has 3 aromatic rings. The Balaban J connectivity index is 1.13. The van der Waals surface area contributed by atoms with Gasteiger partial charge in [-0.15, -0.1) is 0 Å². The lowest BCUT2D eigenvalue weighted by Crippen LogP contribution is -2.44. The number of urea groups is 1. The quantitative estimate of drug-likeness (QED) is 0.335. The predicted molar refractivity (Wildman–Crippen MR) is 172 cm³/mol. The van der Waals surface area contributed by atoms with E-state index in [9.17, 15) is 24.3 Å². The lowest BCUT2D eigenvalue weighted by Gasteiger charge is -2.28. The molecule has 3 aromatic carbocycles. The van der Waals surface area contributed by atoms with E-state index in [1.54, 1.807) is 53.2 Å². The number of morpholine rings is 1. The van der Waals surface area contributed by atoms with Crippen molar-refractivity contribution in [2.45, 2.75) is 19.3 Å². The van der Waals surface area contributed by atoms with Gasteiger partial charge in [-0.3, -0.25) is 24.2 Å². The van der Waals surface area contributed by atoms with Crippen molar-refractivity contribution < 1.29 is 29.0 Å². The fourth-order valence-electron chi connectivity index (χ4n) is 5.81. The summed E-state index contributed by atoms with van der Waals surface area (Å²) in [4.78, 5) is 55.7. The van der Waals surface area contributed by atoms with E-state index in [2.05, 4.69) is 10.6 Å². The first-order chi connectivity index (χ1) is 21.7. The standard InChI is InChI=1S/C34H39N5O6/c1-23-5-3-4-6-30(23)37(2)34(44)36-27-11-7-24(8-12-27)19-31(40)35-26-13-9-25(10-14-26)28-20-39(21-29(28)33(42)43)32(41)22-38-15-17-45-18-16-38/h3-14,28-29H,15-22H2,1-2H3,(H,35,40)(H,36,44)(H,42,43). The van der Waals surface area contributed by atoms with Gasteiger partial charge in [-0.1, -0.05) is 42.5 Å². The third kappa shape index (κ3) is 8.05. The number of carboxylic acid groups (broad SMARTS) is 1. The molecule has 0 spiro atoms. The van der Waals surface area contributed by atoms with E-state index in [0.29, 0.717) is 44.2 Å². The van der Waals surface area contributed by atoms with Gasteiger partial charge in [0.1, 0.15) is 0 Å². The molecule has 0 radical (unpaired) electrons. The van der Waals surface area contributed by atoms with Crippen LogP contribution in [0.4, 0.5) is 21.9 Å². The third-order valence-corrected chi connectivity index (χ3v) is 8.43. The Hall–Kier alpha value is -4.74. The molecule has 5 rings (SSSR count). The number of nitrogens with one attached hydrogen (secondary N) is 2. The number of hydrogen-bond acceptors (Lipinski definition) is 6. The van der Waals surface area contributed by atoms with Gasteiger partial charge in [0.25, 0.3) is 0 Å². The van der Waals surface area contributed by atoms with E-state index in [1.165, 1.54) is 0 Å². The van der Waals surface area contributed by atoms with E-state index in [1.807, 2.05) is 48.2 Å². The minimum absolute atomic E-state index is 0.0699. The van der Waals surface area contributed by atoms with Crippen LogP contribution in [0.1, 0.15) is 22.6 Å². The summed E-state index contributed by atoms with van der Waals surface area (Å²) < 4.78 is 5.35. The fraction of sp³-hybridized carbons (Fsp3) is 0.353. The minimum atomic E-state index is -0.928. The monoisotopic (exact) mass is 613 g/mol. The maximum absolute atomic E-state index is 12.9. The third-order valence-electron chi connectivity index (χ3n) is 8.43. The lowest BCUT2D eigenvalue weighted by atomic mass is 9.89. The molecule has 2 fully saturated rings. The van der Waals surface area contributed by atoms with Gasteiger partial charge in [0.15, 0.2) is 0 Å². The fourth-order valence-corrected chi connectivity index (χ4v) is 5.81. The van der Waals surface area contributed by atoms with Crippen LogP contribution < -0.4 is 15.5 Å². The molecule has 2 heterocycles. The summed E-state index contributed by atoms with van der Waals surface area (Å²) in [6.07, 6.45) is 0.142. The van der Waals surface area contributed by atoms with Crippen LogP contribution in [0.5, 0.6) is 0 Å². The number of benzene rings is 3. The number of nitrogens with zero attached hydrogens (tertiary/aromatic N) is 3. The van der Waals surface area contributed by atoms with E-state index < -0.39 is 11.9 Å². The minimum Gasteiger partial charge on any atom is -0.481 e. The maximum Gasteiger partial charge on any atom is 0.326 e. The summed E-state index contributed by atoms with van der Waals surface area (Å²) in [5.41, 5.74) is 4.62. The Bertz CT molecular complexity index is 1520. The van der Waals surface area contributed by atoms with Gasteiger partial charge in [-0.2, -0.15) is 0 Å². The largest absolute Gasteiger partial charge is 0.481 e. The number of likely N-dealkylation sites (tertiary alicyclic amines) is 1. The Kier molecular flexibility index (Phi) is 10.1. The average Bonchev–Trinajstić information content (AvgIpc) is 3.49. The highest BCUT2D eigenvalue weighted by molar-refractivity contribution is 6.01. The van der Waals surface area contributed by atoms with Crippen LogP contribution in [0, 0.1) is 12.8 Å². The van der Waals surface area contributed by atoms with Crippen LogP contribution in [0.3, 0.4) is 0 Å². The molecule has 0 bridgehead atoms. The van der Waals surface area contributed by atoms with Crippen molar-refractivity contribution in [3.8, 4) is 0 Å². The zero-order valence-electron chi connectivity index (χ0n) is 25.6. The number of carbonyl (C=O) groups is 4. The van der Waals surface area contributed by atoms with Gasteiger partial charge in [-0.25, -0.2) is 4.79 Å². The Labute approximate surface area is 262 Å². The molecule has 2 aliphatic rings. The molecule has 2 atom stereocenters. The smallest absolute Gasteiger partial charge is 0.326 e. The van der Waals surface area contributed by atoms with Crippen LogP contribution >= 0.6 is 0 Å². The van der Waals surface area contributed by atoms with Crippen LogP contribution in [0.25, 0.3) is 0 Å². The summed E-state index contributed by atoms with van der Waals surface area (Å²) in [5, 5.41) is 15.6. The molecule has 0 saturated carbocycles. The van der Waals surface area contributed by atoms with Crippen molar-refractivity contribution >= 4 is 40.9 Å². The topological polar surface area (TPSA) is 132 Å². The van der Waals surface area contributed by atoms with Gasteiger partial charge in [0.2, 0.25) is 11.8 Å². The number of amides is 4. The van der Waals surface area contributed by atoms with E-state index in [-0.39, 0.29) is 43.3 Å². The molecule has 236 valence electrons. The van der Waals surface area contributed by atoms with E-state index >= 15 is 0 Å². The number of aryl methyl sites for hydroxylation is 1. The summed E-state index contributed by atoms with van der Waals surface area (Å²) in [5.74, 6) is -2.24. The summed E-state index contributed by atoms with van der Waals surface area (Å²) >= 11 is 0. The van der Waals surface area contributed by atoms with Gasteiger partial charge in [0.05, 0.1) is 32.1 Å². The SMILES string of the molecule is Cc1ccccc1N(C)C(=O)Nc1ccc(CC(=O)Nc2ccc(C3CN(C(=O)CN4CCOCC4)CC3C(=O)O)cc2)cc1. The maximum atomic E-state index is 12.9. The number of carboxylic acids is 1. The second kappa shape index (κ2) is 14.4.